The standard InChI is InChI=1S/C12H12F3N3S/c1-3-16-11(12-6(2)17-18-19-12)7-4-5-8(13)10(15)9(7)14/h4-5,11,16H,3H2,1-2H3. The minimum Gasteiger partial charge on any atom is -0.306 e. The molecule has 0 aliphatic heterocycles. The van der Waals surface area contributed by atoms with Crippen LogP contribution in [0.3, 0.4) is 0 Å². The molecule has 7 heteroatoms. The lowest BCUT2D eigenvalue weighted by Gasteiger charge is -2.18. The molecule has 0 bridgehead atoms. The van der Waals surface area contributed by atoms with E-state index in [-0.39, 0.29) is 5.56 Å². The average Bonchev–Trinajstić information content (AvgIpc) is 2.80. The Hall–Kier alpha value is -1.47. The van der Waals surface area contributed by atoms with Crippen molar-refractivity contribution in [1.82, 2.24) is 14.9 Å². The summed E-state index contributed by atoms with van der Waals surface area (Å²) in [4.78, 5) is 0.687. The Labute approximate surface area is 112 Å². The van der Waals surface area contributed by atoms with Crippen LogP contribution >= 0.6 is 11.5 Å². The van der Waals surface area contributed by atoms with Crippen molar-refractivity contribution in [1.29, 1.82) is 0 Å². The third kappa shape index (κ3) is 2.62. The maximum atomic E-state index is 13.9. The van der Waals surface area contributed by atoms with Gasteiger partial charge >= 0.3 is 0 Å². The SMILES string of the molecule is CCNC(c1ccc(F)c(F)c1F)c1snnc1C. The van der Waals surface area contributed by atoms with Crippen LogP contribution in [0.5, 0.6) is 0 Å². The molecular weight excluding hydrogens is 275 g/mol. The predicted octanol–water partition coefficient (Wildman–Crippen LogP) is 2.96. The zero-order valence-electron chi connectivity index (χ0n) is 10.4. The topological polar surface area (TPSA) is 37.8 Å². The number of nitrogens with zero attached hydrogens (tertiary/aromatic N) is 2. The zero-order valence-corrected chi connectivity index (χ0v) is 11.2. The normalized spacial score (nSPS) is 12.7. The van der Waals surface area contributed by atoms with Gasteiger partial charge in [-0.3, -0.25) is 0 Å². The molecule has 1 aromatic heterocycles. The van der Waals surface area contributed by atoms with Gasteiger partial charge in [-0.05, 0) is 31.1 Å². The van der Waals surface area contributed by atoms with Gasteiger partial charge in [-0.2, -0.15) is 0 Å². The first-order valence-corrected chi connectivity index (χ1v) is 6.49. The fraction of sp³-hybridized carbons (Fsp3) is 0.333. The second-order valence-electron chi connectivity index (χ2n) is 3.98. The Kier molecular flexibility index (Phi) is 4.16. The summed E-state index contributed by atoms with van der Waals surface area (Å²) in [7, 11) is 0. The number of aromatic nitrogens is 2. The van der Waals surface area contributed by atoms with Crippen LogP contribution in [-0.2, 0) is 0 Å². The molecule has 2 aromatic rings. The van der Waals surface area contributed by atoms with Crippen molar-refractivity contribution in [3.05, 3.63) is 45.7 Å². The molecule has 3 nitrogen and oxygen atoms in total. The van der Waals surface area contributed by atoms with Crippen molar-refractivity contribution < 1.29 is 13.2 Å². The molecule has 1 unspecified atom stereocenters. The lowest BCUT2D eigenvalue weighted by atomic mass is 10.0. The first kappa shape index (κ1) is 14.0. The molecular formula is C12H12F3N3S. The molecule has 19 heavy (non-hydrogen) atoms. The highest BCUT2D eigenvalue weighted by atomic mass is 32.1. The Balaban J connectivity index is 2.52. The maximum Gasteiger partial charge on any atom is 0.194 e. The van der Waals surface area contributed by atoms with E-state index in [2.05, 4.69) is 14.9 Å². The number of aryl methyl sites for hydroxylation is 1. The predicted molar refractivity (Wildman–Crippen MR) is 66.5 cm³/mol. The molecule has 0 spiro atoms. The maximum absolute atomic E-state index is 13.9. The van der Waals surface area contributed by atoms with E-state index in [1.165, 1.54) is 6.07 Å². The van der Waals surface area contributed by atoms with E-state index >= 15 is 0 Å². The molecule has 0 aliphatic carbocycles. The highest BCUT2D eigenvalue weighted by Crippen LogP contribution is 2.30. The number of hydrogen-bond acceptors (Lipinski definition) is 4. The van der Waals surface area contributed by atoms with Crippen LogP contribution in [0.1, 0.15) is 29.1 Å². The minimum atomic E-state index is -1.46. The summed E-state index contributed by atoms with van der Waals surface area (Å²) in [5, 5.41) is 6.88. The Morgan fingerprint density at radius 3 is 2.58 bits per heavy atom. The van der Waals surface area contributed by atoms with Gasteiger partial charge in [-0.15, -0.1) is 5.10 Å². The smallest absolute Gasteiger partial charge is 0.194 e. The first-order chi connectivity index (χ1) is 9.06. The quantitative estimate of drug-likeness (QED) is 0.879. The summed E-state index contributed by atoms with van der Waals surface area (Å²) < 4.78 is 44.0. The molecule has 0 amide bonds. The van der Waals surface area contributed by atoms with E-state index in [1.54, 1.807) is 6.92 Å². The summed E-state index contributed by atoms with van der Waals surface area (Å²) >= 11 is 1.10. The lowest BCUT2D eigenvalue weighted by Crippen LogP contribution is -2.23. The van der Waals surface area contributed by atoms with Crippen molar-refractivity contribution in [3.8, 4) is 0 Å². The molecule has 102 valence electrons. The third-order valence-corrected chi connectivity index (χ3v) is 3.62. The van der Waals surface area contributed by atoms with Crippen molar-refractivity contribution in [2.45, 2.75) is 19.9 Å². The van der Waals surface area contributed by atoms with E-state index in [0.29, 0.717) is 17.1 Å². The van der Waals surface area contributed by atoms with Gasteiger partial charge < -0.3 is 5.32 Å². The van der Waals surface area contributed by atoms with Gasteiger partial charge in [0.05, 0.1) is 16.6 Å². The summed E-state index contributed by atoms with van der Waals surface area (Å²) in [5.41, 5.74) is 0.690. The van der Waals surface area contributed by atoms with Crippen LogP contribution < -0.4 is 5.32 Å². The molecule has 1 heterocycles. The fourth-order valence-corrected chi connectivity index (χ4v) is 2.55. The first-order valence-electron chi connectivity index (χ1n) is 5.71. The van der Waals surface area contributed by atoms with Crippen LogP contribution in [0.4, 0.5) is 13.2 Å². The summed E-state index contributed by atoms with van der Waals surface area (Å²) in [6, 6.07) is 1.57. The van der Waals surface area contributed by atoms with Crippen molar-refractivity contribution in [2.24, 2.45) is 0 Å². The fourth-order valence-electron chi connectivity index (χ4n) is 1.81. The van der Waals surface area contributed by atoms with Crippen molar-refractivity contribution in [2.75, 3.05) is 6.54 Å². The van der Waals surface area contributed by atoms with Gasteiger partial charge in [0.2, 0.25) is 0 Å². The summed E-state index contributed by atoms with van der Waals surface area (Å²) in [6.07, 6.45) is 0. The zero-order chi connectivity index (χ0) is 14.0. The average molecular weight is 287 g/mol. The Morgan fingerprint density at radius 1 is 1.26 bits per heavy atom. The second-order valence-corrected chi connectivity index (χ2v) is 4.76. The molecule has 1 aromatic carbocycles. The van der Waals surface area contributed by atoms with Gasteiger partial charge in [0, 0.05) is 5.56 Å². The van der Waals surface area contributed by atoms with Crippen molar-refractivity contribution in [3.63, 3.8) is 0 Å². The highest BCUT2D eigenvalue weighted by molar-refractivity contribution is 7.05. The van der Waals surface area contributed by atoms with Gasteiger partial charge in [-0.1, -0.05) is 17.5 Å². The van der Waals surface area contributed by atoms with E-state index in [4.69, 9.17) is 0 Å². The number of nitrogens with one attached hydrogen (secondary N) is 1. The number of rotatable bonds is 4. The number of benzene rings is 1. The van der Waals surface area contributed by atoms with E-state index in [9.17, 15) is 13.2 Å². The molecule has 0 radical (unpaired) electrons. The third-order valence-electron chi connectivity index (χ3n) is 2.73. The number of halogens is 3. The van der Waals surface area contributed by atoms with Gasteiger partial charge in [0.25, 0.3) is 0 Å². The summed E-state index contributed by atoms with van der Waals surface area (Å²) in [5.74, 6) is -3.84. The van der Waals surface area contributed by atoms with Crippen LogP contribution in [-0.4, -0.2) is 16.1 Å². The highest BCUT2D eigenvalue weighted by Gasteiger charge is 2.24. The minimum absolute atomic E-state index is 0.0508. The molecule has 0 saturated heterocycles. The molecule has 1 atom stereocenters. The Bertz CT molecular complexity index is 586. The monoisotopic (exact) mass is 287 g/mol. The lowest BCUT2D eigenvalue weighted by molar-refractivity contribution is 0.433. The van der Waals surface area contributed by atoms with E-state index in [0.717, 1.165) is 17.6 Å². The molecule has 0 aliphatic rings. The van der Waals surface area contributed by atoms with Crippen LogP contribution in [0, 0.1) is 24.4 Å². The molecule has 2 rings (SSSR count). The molecule has 1 N–H and O–H groups in total. The Morgan fingerprint density at radius 2 is 2.00 bits per heavy atom. The second kappa shape index (κ2) is 5.66. The molecule has 0 saturated carbocycles. The van der Waals surface area contributed by atoms with Gasteiger partial charge in [0.1, 0.15) is 0 Å². The largest absolute Gasteiger partial charge is 0.306 e. The number of hydrogen-bond donors (Lipinski definition) is 1. The van der Waals surface area contributed by atoms with Crippen molar-refractivity contribution >= 4 is 11.5 Å². The van der Waals surface area contributed by atoms with Crippen LogP contribution in [0.25, 0.3) is 0 Å². The van der Waals surface area contributed by atoms with Gasteiger partial charge in [-0.25, -0.2) is 13.2 Å². The molecule has 0 fully saturated rings. The van der Waals surface area contributed by atoms with E-state index in [1.807, 2.05) is 6.92 Å². The summed E-state index contributed by atoms with van der Waals surface area (Å²) in [6.45, 7) is 4.12. The van der Waals surface area contributed by atoms with Gasteiger partial charge in [0.15, 0.2) is 17.5 Å². The van der Waals surface area contributed by atoms with Crippen LogP contribution in [0.15, 0.2) is 12.1 Å². The van der Waals surface area contributed by atoms with E-state index < -0.39 is 23.5 Å². The van der Waals surface area contributed by atoms with Crippen LogP contribution in [0.2, 0.25) is 0 Å².